The monoisotopic (exact) mass is 335 g/mol. The van der Waals surface area contributed by atoms with Crippen molar-refractivity contribution in [1.29, 1.82) is 0 Å². The number of nitrogens with zero attached hydrogens (tertiary/aromatic N) is 2. The van der Waals surface area contributed by atoms with Crippen molar-refractivity contribution in [3.8, 4) is 5.69 Å². The number of rotatable bonds is 7. The van der Waals surface area contributed by atoms with Crippen LogP contribution in [0.2, 0.25) is 0 Å². The first kappa shape index (κ1) is 16.9. The first-order chi connectivity index (χ1) is 12.2. The van der Waals surface area contributed by atoms with Crippen LogP contribution in [0.15, 0.2) is 67.0 Å². The van der Waals surface area contributed by atoms with E-state index in [9.17, 15) is 4.79 Å². The summed E-state index contributed by atoms with van der Waals surface area (Å²) in [5, 5.41) is 7.28. The van der Waals surface area contributed by atoms with E-state index in [4.69, 9.17) is 4.74 Å². The maximum Gasteiger partial charge on any atom is 0.224 e. The number of aromatic nitrogens is 2. The van der Waals surface area contributed by atoms with Gasteiger partial charge in [0, 0.05) is 25.4 Å². The fraction of sp³-hybridized carbons (Fsp3) is 0.200. The van der Waals surface area contributed by atoms with Crippen molar-refractivity contribution in [3.05, 3.63) is 78.1 Å². The summed E-state index contributed by atoms with van der Waals surface area (Å²) in [6.07, 6.45) is 4.83. The Labute approximate surface area is 147 Å². The average Bonchev–Trinajstić information content (AvgIpc) is 3.10. The molecule has 5 nitrogen and oxygen atoms in total. The zero-order chi connectivity index (χ0) is 17.5. The minimum Gasteiger partial charge on any atom is -0.380 e. The van der Waals surface area contributed by atoms with E-state index < -0.39 is 0 Å². The van der Waals surface area contributed by atoms with Crippen LogP contribution in [0.1, 0.15) is 17.5 Å². The van der Waals surface area contributed by atoms with Crippen LogP contribution in [-0.4, -0.2) is 22.8 Å². The minimum atomic E-state index is -0.0120. The number of anilines is 1. The van der Waals surface area contributed by atoms with Crippen molar-refractivity contribution in [3.63, 3.8) is 0 Å². The molecule has 25 heavy (non-hydrogen) atoms. The van der Waals surface area contributed by atoms with Crippen molar-refractivity contribution < 1.29 is 9.53 Å². The lowest BCUT2D eigenvalue weighted by atomic mass is 10.1. The van der Waals surface area contributed by atoms with E-state index in [1.165, 1.54) is 0 Å². The summed E-state index contributed by atoms with van der Waals surface area (Å²) in [5.41, 5.74) is 3.87. The fourth-order valence-corrected chi connectivity index (χ4v) is 2.60. The van der Waals surface area contributed by atoms with Gasteiger partial charge in [-0.25, -0.2) is 4.68 Å². The Kier molecular flexibility index (Phi) is 5.59. The van der Waals surface area contributed by atoms with Crippen LogP contribution >= 0.6 is 0 Å². The van der Waals surface area contributed by atoms with Crippen molar-refractivity contribution >= 4 is 11.6 Å². The molecule has 0 saturated carbocycles. The van der Waals surface area contributed by atoms with Crippen molar-refractivity contribution in [1.82, 2.24) is 9.78 Å². The number of benzene rings is 2. The lowest BCUT2D eigenvalue weighted by molar-refractivity contribution is -0.116. The second-order valence-corrected chi connectivity index (χ2v) is 5.81. The standard InChI is InChI=1S/C20H21N3O2/c1-25-15-16-6-5-7-18(12-16)22-20(24)11-10-17-13-21-23(14-17)19-8-3-2-4-9-19/h2-9,12-14H,10-11,15H2,1H3,(H,22,24). The van der Waals surface area contributed by atoms with Crippen LogP contribution in [0.5, 0.6) is 0 Å². The van der Waals surface area contributed by atoms with Crippen LogP contribution in [0.25, 0.3) is 5.69 Å². The maximum absolute atomic E-state index is 12.2. The first-order valence-corrected chi connectivity index (χ1v) is 8.21. The molecule has 3 aromatic rings. The van der Waals surface area contributed by atoms with E-state index in [1.54, 1.807) is 13.3 Å². The highest BCUT2D eigenvalue weighted by Gasteiger charge is 2.06. The van der Waals surface area contributed by atoms with E-state index in [0.717, 1.165) is 22.5 Å². The predicted molar refractivity (Wildman–Crippen MR) is 97.7 cm³/mol. The third-order valence-electron chi connectivity index (χ3n) is 3.82. The summed E-state index contributed by atoms with van der Waals surface area (Å²) in [5.74, 6) is -0.0120. The van der Waals surface area contributed by atoms with Crippen LogP contribution in [0.4, 0.5) is 5.69 Å². The molecule has 2 aromatic carbocycles. The van der Waals surface area contributed by atoms with Crippen LogP contribution in [-0.2, 0) is 22.6 Å². The third-order valence-corrected chi connectivity index (χ3v) is 3.82. The number of hydrogen-bond acceptors (Lipinski definition) is 3. The summed E-state index contributed by atoms with van der Waals surface area (Å²) < 4.78 is 6.93. The molecule has 1 amide bonds. The molecular weight excluding hydrogens is 314 g/mol. The second kappa shape index (κ2) is 8.26. The molecule has 5 heteroatoms. The Bertz CT molecular complexity index is 828. The van der Waals surface area contributed by atoms with Gasteiger partial charge in [0.15, 0.2) is 0 Å². The maximum atomic E-state index is 12.2. The molecule has 0 aliphatic heterocycles. The molecule has 0 saturated heterocycles. The Hall–Kier alpha value is -2.92. The molecule has 0 unspecified atom stereocenters. The van der Waals surface area contributed by atoms with E-state index in [1.807, 2.05) is 65.5 Å². The van der Waals surface area contributed by atoms with Crippen LogP contribution in [0, 0.1) is 0 Å². The zero-order valence-electron chi connectivity index (χ0n) is 14.2. The number of ether oxygens (including phenoxy) is 1. The van der Waals surface area contributed by atoms with E-state index in [0.29, 0.717) is 19.4 Å². The smallest absolute Gasteiger partial charge is 0.224 e. The Morgan fingerprint density at radius 3 is 2.76 bits per heavy atom. The molecule has 1 N–H and O–H groups in total. The van der Waals surface area contributed by atoms with Gasteiger partial charge in [-0.15, -0.1) is 0 Å². The van der Waals surface area contributed by atoms with Gasteiger partial charge in [-0.1, -0.05) is 30.3 Å². The molecule has 1 heterocycles. The SMILES string of the molecule is COCc1cccc(NC(=O)CCc2cnn(-c3ccccc3)c2)c1. The zero-order valence-corrected chi connectivity index (χ0v) is 14.2. The average molecular weight is 335 g/mol. The molecule has 0 fully saturated rings. The molecule has 0 spiro atoms. The number of amides is 1. The molecular formula is C20H21N3O2. The van der Waals surface area contributed by atoms with Crippen LogP contribution in [0.3, 0.4) is 0 Å². The number of aryl methyl sites for hydroxylation is 1. The van der Waals surface area contributed by atoms with Gasteiger partial charge in [-0.3, -0.25) is 4.79 Å². The highest BCUT2D eigenvalue weighted by molar-refractivity contribution is 5.90. The van der Waals surface area contributed by atoms with Gasteiger partial charge in [-0.05, 0) is 41.8 Å². The predicted octanol–water partition coefficient (Wildman–Crippen LogP) is 3.59. The highest BCUT2D eigenvalue weighted by Crippen LogP contribution is 2.13. The minimum absolute atomic E-state index is 0.0120. The number of para-hydroxylation sites is 1. The molecule has 0 atom stereocenters. The number of carbonyl (C=O) groups excluding carboxylic acids is 1. The number of methoxy groups -OCH3 is 1. The van der Waals surface area contributed by atoms with E-state index in [-0.39, 0.29) is 5.91 Å². The summed E-state index contributed by atoms with van der Waals surface area (Å²) in [4.78, 5) is 12.2. The molecule has 0 radical (unpaired) electrons. The number of carbonyl (C=O) groups is 1. The third kappa shape index (κ3) is 4.78. The number of nitrogens with one attached hydrogen (secondary N) is 1. The molecule has 0 aliphatic rings. The van der Waals surface area contributed by atoms with Crippen LogP contribution < -0.4 is 5.32 Å². The van der Waals surface area contributed by atoms with Gasteiger partial charge < -0.3 is 10.1 Å². The van der Waals surface area contributed by atoms with E-state index in [2.05, 4.69) is 10.4 Å². The Morgan fingerprint density at radius 1 is 1.12 bits per heavy atom. The van der Waals surface area contributed by atoms with Gasteiger partial charge in [-0.2, -0.15) is 5.10 Å². The summed E-state index contributed by atoms with van der Waals surface area (Å²) in [6.45, 7) is 0.530. The summed E-state index contributed by atoms with van der Waals surface area (Å²) in [7, 11) is 1.65. The highest BCUT2D eigenvalue weighted by atomic mass is 16.5. The van der Waals surface area contributed by atoms with Crippen molar-refractivity contribution in [2.75, 3.05) is 12.4 Å². The largest absolute Gasteiger partial charge is 0.380 e. The quantitative estimate of drug-likeness (QED) is 0.718. The Balaban J connectivity index is 1.54. The van der Waals surface area contributed by atoms with Gasteiger partial charge in [0.05, 0.1) is 18.5 Å². The van der Waals surface area contributed by atoms with E-state index >= 15 is 0 Å². The topological polar surface area (TPSA) is 56.1 Å². The summed E-state index contributed by atoms with van der Waals surface area (Å²) >= 11 is 0. The van der Waals surface area contributed by atoms with Gasteiger partial charge in [0.25, 0.3) is 0 Å². The van der Waals surface area contributed by atoms with Gasteiger partial charge >= 0.3 is 0 Å². The molecule has 128 valence electrons. The molecule has 0 bridgehead atoms. The van der Waals surface area contributed by atoms with Crippen molar-refractivity contribution in [2.45, 2.75) is 19.4 Å². The number of hydrogen-bond donors (Lipinski definition) is 1. The van der Waals surface area contributed by atoms with Gasteiger partial charge in [0.2, 0.25) is 5.91 Å². The fourth-order valence-electron chi connectivity index (χ4n) is 2.60. The lowest BCUT2D eigenvalue weighted by Crippen LogP contribution is -2.12. The first-order valence-electron chi connectivity index (χ1n) is 8.21. The normalized spacial score (nSPS) is 10.6. The molecule has 3 rings (SSSR count). The lowest BCUT2D eigenvalue weighted by Gasteiger charge is -2.07. The molecule has 1 aromatic heterocycles. The van der Waals surface area contributed by atoms with Crippen molar-refractivity contribution in [2.24, 2.45) is 0 Å². The Morgan fingerprint density at radius 2 is 1.96 bits per heavy atom. The van der Waals surface area contributed by atoms with Gasteiger partial charge in [0.1, 0.15) is 0 Å². The summed E-state index contributed by atoms with van der Waals surface area (Å²) in [6, 6.07) is 17.6. The molecule has 0 aliphatic carbocycles. The second-order valence-electron chi connectivity index (χ2n) is 5.81.